The summed E-state index contributed by atoms with van der Waals surface area (Å²) in [5.41, 5.74) is 8.31. The zero-order valence-electron chi connectivity index (χ0n) is 17.2. The van der Waals surface area contributed by atoms with Crippen LogP contribution in [0.4, 0.5) is 0 Å². The second-order valence-electron chi connectivity index (χ2n) is 7.68. The van der Waals surface area contributed by atoms with Crippen LogP contribution in [0.15, 0.2) is 18.2 Å². The predicted molar refractivity (Wildman–Crippen MR) is 109 cm³/mol. The number of fused-ring (bicyclic) bond motifs is 2. The Morgan fingerprint density at radius 3 is 2.71 bits per heavy atom. The molecule has 6 heteroatoms. The third kappa shape index (κ3) is 2.93. The molecule has 1 amide bonds. The minimum absolute atomic E-state index is 0.0805. The molecule has 28 heavy (non-hydrogen) atoms. The zero-order chi connectivity index (χ0) is 20.0. The topological polar surface area (TPSA) is 59.7 Å². The number of ether oxygens (including phenoxy) is 1. The number of methoxy groups -OCH3 is 1. The number of carbonyl (C=O) groups is 1. The van der Waals surface area contributed by atoms with Gasteiger partial charge in [-0.25, -0.2) is 9.50 Å². The van der Waals surface area contributed by atoms with Gasteiger partial charge >= 0.3 is 0 Å². The molecule has 146 valence electrons. The smallest absolute Gasteiger partial charge is 0.228 e. The summed E-state index contributed by atoms with van der Waals surface area (Å²) in [7, 11) is 5.26. The third-order valence-electron chi connectivity index (χ3n) is 5.59. The largest absolute Gasteiger partial charge is 0.497 e. The SMILES string of the molecule is COc1ccc(-c2c(C)nn3c(CC(=O)N(C)C)c4c(nc23)CCC4)c(C)c1. The fourth-order valence-electron chi connectivity index (χ4n) is 4.07. The fourth-order valence-corrected chi connectivity index (χ4v) is 4.07. The van der Waals surface area contributed by atoms with Crippen LogP contribution in [0.2, 0.25) is 0 Å². The number of aryl methyl sites for hydroxylation is 3. The van der Waals surface area contributed by atoms with E-state index < -0.39 is 0 Å². The van der Waals surface area contributed by atoms with Crippen LogP contribution in [0.1, 0.15) is 34.6 Å². The van der Waals surface area contributed by atoms with Gasteiger partial charge in [-0.2, -0.15) is 5.10 Å². The molecule has 0 saturated heterocycles. The molecule has 0 spiro atoms. The van der Waals surface area contributed by atoms with Crippen LogP contribution in [0, 0.1) is 13.8 Å². The quantitative estimate of drug-likeness (QED) is 0.700. The molecule has 3 aromatic rings. The van der Waals surface area contributed by atoms with Gasteiger partial charge in [0.15, 0.2) is 5.65 Å². The van der Waals surface area contributed by atoms with Crippen LogP contribution in [0.25, 0.3) is 16.8 Å². The van der Waals surface area contributed by atoms with Gasteiger partial charge in [0.25, 0.3) is 0 Å². The average Bonchev–Trinajstić information content (AvgIpc) is 3.25. The normalized spacial score (nSPS) is 13.0. The number of aromatic nitrogens is 3. The Balaban J connectivity index is 1.95. The maximum atomic E-state index is 12.5. The summed E-state index contributed by atoms with van der Waals surface area (Å²) >= 11 is 0. The van der Waals surface area contributed by atoms with E-state index in [-0.39, 0.29) is 5.91 Å². The van der Waals surface area contributed by atoms with Crippen LogP contribution in [0.3, 0.4) is 0 Å². The first-order valence-corrected chi connectivity index (χ1v) is 9.65. The van der Waals surface area contributed by atoms with Crippen molar-refractivity contribution in [3.63, 3.8) is 0 Å². The molecule has 0 aliphatic heterocycles. The van der Waals surface area contributed by atoms with Gasteiger partial charge in [-0.3, -0.25) is 4.79 Å². The highest BCUT2D eigenvalue weighted by molar-refractivity contribution is 5.84. The number of carbonyl (C=O) groups excluding carboxylic acids is 1. The van der Waals surface area contributed by atoms with E-state index >= 15 is 0 Å². The summed E-state index contributed by atoms with van der Waals surface area (Å²) in [6, 6.07) is 6.06. The molecule has 2 aromatic heterocycles. The van der Waals surface area contributed by atoms with Gasteiger partial charge in [0.2, 0.25) is 5.91 Å². The molecule has 0 radical (unpaired) electrons. The Labute approximate surface area is 165 Å². The first kappa shape index (κ1) is 18.5. The number of hydrogen-bond acceptors (Lipinski definition) is 4. The van der Waals surface area contributed by atoms with E-state index in [0.29, 0.717) is 6.42 Å². The first-order valence-electron chi connectivity index (χ1n) is 9.65. The van der Waals surface area contributed by atoms with E-state index in [9.17, 15) is 4.79 Å². The van der Waals surface area contributed by atoms with Crippen molar-refractivity contribution >= 4 is 11.6 Å². The number of nitrogens with zero attached hydrogens (tertiary/aromatic N) is 4. The molecule has 0 fully saturated rings. The summed E-state index contributed by atoms with van der Waals surface area (Å²) in [5.74, 6) is 0.915. The van der Waals surface area contributed by atoms with Crippen molar-refractivity contribution in [2.75, 3.05) is 21.2 Å². The summed E-state index contributed by atoms with van der Waals surface area (Å²) in [4.78, 5) is 19.1. The lowest BCUT2D eigenvalue weighted by Crippen LogP contribution is -2.25. The van der Waals surface area contributed by atoms with E-state index in [0.717, 1.165) is 64.4 Å². The van der Waals surface area contributed by atoms with Crippen molar-refractivity contribution < 1.29 is 9.53 Å². The van der Waals surface area contributed by atoms with Crippen molar-refractivity contribution in [1.29, 1.82) is 0 Å². The average molecular weight is 378 g/mol. The van der Waals surface area contributed by atoms with Crippen molar-refractivity contribution in [3.05, 3.63) is 46.4 Å². The standard InChI is InChI=1S/C22H26N4O2/c1-13-11-15(28-5)9-10-16(13)21-14(2)24-26-19(12-20(27)25(3)4)17-7-6-8-18(17)23-22(21)26/h9-11H,6-8,12H2,1-5H3. The Kier molecular flexibility index (Phi) is 4.57. The van der Waals surface area contributed by atoms with Gasteiger partial charge in [0.1, 0.15) is 5.75 Å². The fraction of sp³-hybridized carbons (Fsp3) is 0.409. The maximum Gasteiger partial charge on any atom is 0.228 e. The molecule has 0 bridgehead atoms. The molecule has 0 saturated carbocycles. The molecule has 0 N–H and O–H groups in total. The Bertz CT molecular complexity index is 1080. The highest BCUT2D eigenvalue weighted by Gasteiger charge is 2.26. The number of likely N-dealkylation sites (N-methyl/N-ethyl adjacent to an activating group) is 1. The van der Waals surface area contributed by atoms with Gasteiger partial charge in [0, 0.05) is 25.4 Å². The highest BCUT2D eigenvalue weighted by Crippen LogP contribution is 2.35. The minimum atomic E-state index is 0.0805. The molecular weight excluding hydrogens is 352 g/mol. The number of amides is 1. The lowest BCUT2D eigenvalue weighted by molar-refractivity contribution is -0.128. The van der Waals surface area contributed by atoms with E-state index in [4.69, 9.17) is 14.8 Å². The molecule has 1 aliphatic carbocycles. The van der Waals surface area contributed by atoms with Gasteiger partial charge in [-0.05, 0) is 61.9 Å². The summed E-state index contributed by atoms with van der Waals surface area (Å²) in [6.07, 6.45) is 3.34. The van der Waals surface area contributed by atoms with Crippen molar-refractivity contribution in [3.8, 4) is 16.9 Å². The molecule has 2 heterocycles. The van der Waals surface area contributed by atoms with Crippen LogP contribution in [0.5, 0.6) is 5.75 Å². The minimum Gasteiger partial charge on any atom is -0.497 e. The molecule has 1 aromatic carbocycles. The molecule has 0 unspecified atom stereocenters. The zero-order valence-corrected chi connectivity index (χ0v) is 17.2. The van der Waals surface area contributed by atoms with Crippen molar-refractivity contribution in [2.45, 2.75) is 39.5 Å². The second-order valence-corrected chi connectivity index (χ2v) is 7.68. The van der Waals surface area contributed by atoms with Gasteiger partial charge in [0.05, 0.1) is 24.9 Å². The van der Waals surface area contributed by atoms with Crippen LogP contribution in [-0.2, 0) is 24.1 Å². The van der Waals surface area contributed by atoms with E-state index in [1.165, 1.54) is 5.56 Å². The monoisotopic (exact) mass is 378 g/mol. The molecular formula is C22H26N4O2. The number of rotatable bonds is 4. The molecule has 1 aliphatic rings. The maximum absolute atomic E-state index is 12.5. The molecule has 6 nitrogen and oxygen atoms in total. The van der Waals surface area contributed by atoms with Crippen LogP contribution >= 0.6 is 0 Å². The molecule has 4 rings (SSSR count). The van der Waals surface area contributed by atoms with Gasteiger partial charge in [-0.1, -0.05) is 6.07 Å². The summed E-state index contributed by atoms with van der Waals surface area (Å²) < 4.78 is 7.25. The summed E-state index contributed by atoms with van der Waals surface area (Å²) in [6.45, 7) is 4.08. The predicted octanol–water partition coefficient (Wildman–Crippen LogP) is 3.14. The van der Waals surface area contributed by atoms with E-state index in [1.54, 1.807) is 26.1 Å². The Morgan fingerprint density at radius 2 is 2.04 bits per heavy atom. The first-order chi connectivity index (χ1) is 13.4. The summed E-state index contributed by atoms with van der Waals surface area (Å²) in [5, 5.41) is 4.82. The van der Waals surface area contributed by atoms with Crippen LogP contribution in [-0.4, -0.2) is 46.6 Å². The van der Waals surface area contributed by atoms with Gasteiger partial charge < -0.3 is 9.64 Å². The van der Waals surface area contributed by atoms with E-state index in [2.05, 4.69) is 13.0 Å². The highest BCUT2D eigenvalue weighted by atomic mass is 16.5. The number of benzene rings is 1. The van der Waals surface area contributed by atoms with Crippen molar-refractivity contribution in [2.24, 2.45) is 0 Å². The van der Waals surface area contributed by atoms with Crippen molar-refractivity contribution in [1.82, 2.24) is 19.5 Å². The lowest BCUT2D eigenvalue weighted by Gasteiger charge is -2.14. The lowest BCUT2D eigenvalue weighted by atomic mass is 10.00. The van der Waals surface area contributed by atoms with Gasteiger partial charge in [-0.15, -0.1) is 0 Å². The Morgan fingerprint density at radius 1 is 1.25 bits per heavy atom. The second kappa shape index (κ2) is 6.93. The molecule has 0 atom stereocenters. The van der Waals surface area contributed by atoms with E-state index in [1.807, 2.05) is 23.6 Å². The number of hydrogen-bond donors (Lipinski definition) is 0. The third-order valence-corrected chi connectivity index (χ3v) is 5.59. The Hall–Kier alpha value is -2.89. The van der Waals surface area contributed by atoms with Crippen LogP contribution < -0.4 is 4.74 Å².